The number of piperidine rings is 1. The van der Waals surface area contributed by atoms with Gasteiger partial charge in [0.15, 0.2) is 0 Å². The molecule has 0 unspecified atom stereocenters. The quantitative estimate of drug-likeness (QED) is 0.770. The molecule has 2 saturated heterocycles. The van der Waals surface area contributed by atoms with Crippen LogP contribution in [0, 0.1) is 17.8 Å². The number of para-hydroxylation sites is 1. The number of thioether (sulfide) groups is 1. The van der Waals surface area contributed by atoms with E-state index in [0.29, 0.717) is 5.69 Å². The Hall–Kier alpha value is -2.37. The Morgan fingerprint density at radius 3 is 2.22 bits per heavy atom. The molecule has 2 fully saturated rings. The number of nitrogens with zero attached hydrogens (tertiary/aromatic N) is 2. The van der Waals surface area contributed by atoms with Crippen LogP contribution >= 0.6 is 11.8 Å². The number of fused-ring (bicyclic) bond motifs is 1. The van der Waals surface area contributed by atoms with Gasteiger partial charge in [-0.1, -0.05) is 54.2 Å². The van der Waals surface area contributed by atoms with E-state index in [1.807, 2.05) is 48.5 Å². The fourth-order valence-corrected chi connectivity index (χ4v) is 5.82. The summed E-state index contributed by atoms with van der Waals surface area (Å²) in [5.74, 6) is -0.562. The van der Waals surface area contributed by atoms with E-state index in [1.54, 1.807) is 11.8 Å². The summed E-state index contributed by atoms with van der Waals surface area (Å²) in [5, 5.41) is 0. The van der Waals surface area contributed by atoms with Crippen molar-refractivity contribution in [3.63, 3.8) is 0 Å². The maximum atomic E-state index is 13.3. The van der Waals surface area contributed by atoms with Crippen molar-refractivity contribution in [2.45, 2.75) is 10.9 Å². The van der Waals surface area contributed by atoms with E-state index in [0.717, 1.165) is 6.54 Å². The summed E-state index contributed by atoms with van der Waals surface area (Å²) in [7, 11) is 2.05. The first-order valence-corrected chi connectivity index (χ1v) is 10.0. The number of carbonyl (C=O) groups is 2. The predicted molar refractivity (Wildman–Crippen MR) is 106 cm³/mol. The van der Waals surface area contributed by atoms with Crippen molar-refractivity contribution >= 4 is 29.3 Å². The maximum absolute atomic E-state index is 13.3. The molecule has 2 aromatic carbocycles. The minimum absolute atomic E-state index is 0.0172. The highest BCUT2D eigenvalue weighted by molar-refractivity contribution is 8.03. The molecule has 2 aromatic rings. The summed E-state index contributed by atoms with van der Waals surface area (Å²) in [6.07, 6.45) is 2.21. The third-order valence-corrected chi connectivity index (χ3v) is 7.07. The van der Waals surface area contributed by atoms with Crippen molar-refractivity contribution < 1.29 is 9.59 Å². The molecule has 0 N–H and O–H groups in total. The van der Waals surface area contributed by atoms with Crippen LogP contribution in [0.1, 0.15) is 0 Å². The van der Waals surface area contributed by atoms with Gasteiger partial charge in [0.05, 0.1) is 17.5 Å². The largest absolute Gasteiger partial charge is 0.298 e. The van der Waals surface area contributed by atoms with Gasteiger partial charge in [-0.3, -0.25) is 14.5 Å². The Kier molecular flexibility index (Phi) is 3.95. The summed E-state index contributed by atoms with van der Waals surface area (Å²) in [5.41, 5.74) is 0.682. The molecule has 4 aliphatic rings. The van der Waals surface area contributed by atoms with Crippen molar-refractivity contribution in [3.05, 3.63) is 71.6 Å². The zero-order valence-electron chi connectivity index (χ0n) is 15.0. The van der Waals surface area contributed by atoms with Gasteiger partial charge in [-0.25, -0.2) is 4.90 Å². The minimum atomic E-state index is -0.276. The number of carbonyl (C=O) groups excluding carboxylic acids is 2. The number of amides is 2. The third-order valence-electron chi connectivity index (χ3n) is 5.89. The molecule has 136 valence electrons. The van der Waals surface area contributed by atoms with Gasteiger partial charge in [0.25, 0.3) is 0 Å². The molecule has 0 spiro atoms. The van der Waals surface area contributed by atoms with Gasteiger partial charge < -0.3 is 0 Å². The van der Waals surface area contributed by atoms with Crippen LogP contribution in [0.25, 0.3) is 0 Å². The van der Waals surface area contributed by atoms with Crippen LogP contribution < -0.4 is 4.90 Å². The lowest BCUT2D eigenvalue weighted by molar-refractivity contribution is -0.126. The summed E-state index contributed by atoms with van der Waals surface area (Å²) in [6.45, 7) is 0.819. The topological polar surface area (TPSA) is 40.6 Å². The van der Waals surface area contributed by atoms with E-state index >= 15 is 0 Å². The van der Waals surface area contributed by atoms with Crippen LogP contribution in [0.3, 0.4) is 0 Å². The Morgan fingerprint density at radius 1 is 0.889 bits per heavy atom. The second kappa shape index (κ2) is 6.36. The molecule has 5 heteroatoms. The molecule has 3 heterocycles. The van der Waals surface area contributed by atoms with Crippen LogP contribution in [0.2, 0.25) is 0 Å². The van der Waals surface area contributed by atoms with Crippen LogP contribution in [-0.4, -0.2) is 36.3 Å². The van der Waals surface area contributed by atoms with E-state index in [4.69, 9.17) is 0 Å². The molecular weight excluding hydrogens is 356 g/mol. The van der Waals surface area contributed by atoms with Gasteiger partial charge in [-0.15, -0.1) is 0 Å². The third kappa shape index (κ3) is 2.57. The molecule has 4 nitrogen and oxygen atoms in total. The van der Waals surface area contributed by atoms with Gasteiger partial charge in [0.1, 0.15) is 0 Å². The first-order chi connectivity index (χ1) is 13.1. The van der Waals surface area contributed by atoms with Crippen LogP contribution in [-0.2, 0) is 9.59 Å². The average molecular weight is 376 g/mol. The molecule has 3 aliphatic heterocycles. The smallest absolute Gasteiger partial charge is 0.239 e. The fourth-order valence-electron chi connectivity index (χ4n) is 4.67. The van der Waals surface area contributed by atoms with E-state index < -0.39 is 0 Å². The lowest BCUT2D eigenvalue weighted by atomic mass is 9.70. The number of hydrogen-bond donors (Lipinski definition) is 0. The lowest BCUT2D eigenvalue weighted by Gasteiger charge is -2.47. The standard InChI is InChI=1S/C22H20N2O2S/c1-23-13-16-18(27-15-10-6-3-7-11-15)12-17(23)20-19(16)21(25)24(22(20)26)14-8-4-2-5-9-14/h2-12,16-17,19-20H,13H2,1H3/t16-,17+,19-,20+/m0/s1. The Morgan fingerprint density at radius 2 is 1.52 bits per heavy atom. The summed E-state index contributed by atoms with van der Waals surface area (Å²) in [6, 6.07) is 19.5. The van der Waals surface area contributed by atoms with Crippen LogP contribution in [0.5, 0.6) is 0 Å². The SMILES string of the molecule is CN1C[C@H]2C(Sc3ccccc3)=C[C@@H]1[C@H]1C(=O)N(c3ccccc3)C(=O)[C@H]12. The van der Waals surface area contributed by atoms with Crippen LogP contribution in [0.15, 0.2) is 76.5 Å². The van der Waals surface area contributed by atoms with Crippen molar-refractivity contribution in [1.82, 2.24) is 4.90 Å². The minimum Gasteiger partial charge on any atom is -0.298 e. The highest BCUT2D eigenvalue weighted by atomic mass is 32.2. The molecule has 0 radical (unpaired) electrons. The monoisotopic (exact) mass is 376 g/mol. The highest BCUT2D eigenvalue weighted by Gasteiger charge is 2.60. The van der Waals surface area contributed by atoms with E-state index in [1.165, 1.54) is 14.7 Å². The van der Waals surface area contributed by atoms with Crippen molar-refractivity contribution in [3.8, 4) is 0 Å². The first-order valence-electron chi connectivity index (χ1n) is 9.23. The first kappa shape index (κ1) is 16.8. The number of anilines is 1. The molecule has 2 bridgehead atoms. The van der Waals surface area contributed by atoms with E-state index in [-0.39, 0.29) is 35.6 Å². The summed E-state index contributed by atoms with van der Waals surface area (Å²) < 4.78 is 0. The van der Waals surface area contributed by atoms with Gasteiger partial charge in [-0.2, -0.15) is 0 Å². The maximum Gasteiger partial charge on any atom is 0.239 e. The van der Waals surface area contributed by atoms with Gasteiger partial charge in [-0.05, 0) is 36.2 Å². The molecule has 0 saturated carbocycles. The second-order valence-corrected chi connectivity index (χ2v) is 8.57. The second-order valence-electron chi connectivity index (χ2n) is 7.42. The van der Waals surface area contributed by atoms with Gasteiger partial charge in [0, 0.05) is 23.4 Å². The Balaban J connectivity index is 1.51. The molecule has 0 aromatic heterocycles. The number of hydrogen-bond acceptors (Lipinski definition) is 4. The summed E-state index contributed by atoms with van der Waals surface area (Å²) in [4.78, 5) is 32.5. The highest BCUT2D eigenvalue weighted by Crippen LogP contribution is 2.52. The molecule has 27 heavy (non-hydrogen) atoms. The summed E-state index contributed by atoms with van der Waals surface area (Å²) >= 11 is 1.73. The van der Waals surface area contributed by atoms with Crippen molar-refractivity contribution in [2.24, 2.45) is 17.8 Å². The molecule has 1 aliphatic carbocycles. The number of imide groups is 1. The van der Waals surface area contributed by atoms with E-state index in [2.05, 4.69) is 30.2 Å². The van der Waals surface area contributed by atoms with Gasteiger partial charge >= 0.3 is 0 Å². The van der Waals surface area contributed by atoms with Crippen molar-refractivity contribution in [2.75, 3.05) is 18.5 Å². The lowest BCUT2D eigenvalue weighted by Crippen LogP contribution is -2.55. The normalized spacial score (nSPS) is 29.8. The van der Waals surface area contributed by atoms with Crippen LogP contribution in [0.4, 0.5) is 5.69 Å². The van der Waals surface area contributed by atoms with Gasteiger partial charge in [0.2, 0.25) is 11.8 Å². The molecule has 6 rings (SSSR count). The number of rotatable bonds is 3. The molecule has 4 atom stereocenters. The average Bonchev–Trinajstić information content (AvgIpc) is 2.96. The molecule has 2 amide bonds. The number of likely N-dealkylation sites (N-methyl/N-ethyl adjacent to an activating group) is 1. The Labute approximate surface area is 162 Å². The zero-order valence-corrected chi connectivity index (χ0v) is 15.8. The van der Waals surface area contributed by atoms with E-state index in [9.17, 15) is 9.59 Å². The Bertz CT molecular complexity index is 928. The van der Waals surface area contributed by atoms with Crippen molar-refractivity contribution in [1.29, 1.82) is 0 Å². The number of benzene rings is 2. The molecular formula is C22H20N2O2S. The fraction of sp³-hybridized carbons (Fsp3) is 0.273. The predicted octanol–water partition coefficient (Wildman–Crippen LogP) is 3.41. The zero-order chi connectivity index (χ0) is 18.5.